The van der Waals surface area contributed by atoms with Crippen LogP contribution >= 0.6 is 0 Å². The molecule has 1 heterocycles. The molecule has 0 aromatic carbocycles. The Hall–Kier alpha value is -1.58. The van der Waals surface area contributed by atoms with Crippen molar-refractivity contribution in [3.63, 3.8) is 0 Å². The van der Waals surface area contributed by atoms with Crippen molar-refractivity contribution < 1.29 is 9.53 Å². The summed E-state index contributed by atoms with van der Waals surface area (Å²) in [5, 5.41) is 4.07. The monoisotopic (exact) mass is 194 g/mol. The summed E-state index contributed by atoms with van der Waals surface area (Å²) < 4.78 is 6.54. The summed E-state index contributed by atoms with van der Waals surface area (Å²) in [6, 6.07) is 0. The fraction of sp³-hybridized carbons (Fsp3) is 0.400. The fourth-order valence-electron chi connectivity index (χ4n) is 0.993. The molecule has 4 nitrogen and oxygen atoms in total. The lowest BCUT2D eigenvalue weighted by atomic mass is 10.3. The number of aromatic nitrogens is 2. The van der Waals surface area contributed by atoms with Gasteiger partial charge in [0.15, 0.2) is 0 Å². The lowest BCUT2D eigenvalue weighted by Crippen LogP contribution is -1.98. The Bertz CT molecular complexity index is 329. The molecular formula is C10H14N2O2. The smallest absolute Gasteiger partial charge is 0.330 e. The minimum Gasteiger partial charge on any atom is -0.463 e. The van der Waals surface area contributed by atoms with Gasteiger partial charge in [0, 0.05) is 24.4 Å². The number of carbonyl (C=O) groups excluding carboxylic acids is 1. The van der Waals surface area contributed by atoms with Crippen molar-refractivity contribution in [2.75, 3.05) is 6.61 Å². The summed E-state index contributed by atoms with van der Waals surface area (Å²) in [4.78, 5) is 11.0. The van der Waals surface area contributed by atoms with Gasteiger partial charge in [-0.2, -0.15) is 5.10 Å². The highest BCUT2D eigenvalue weighted by Crippen LogP contribution is 2.00. The third-order valence-corrected chi connectivity index (χ3v) is 1.68. The first-order valence-corrected chi connectivity index (χ1v) is 4.63. The predicted molar refractivity (Wildman–Crippen MR) is 53.6 cm³/mol. The summed E-state index contributed by atoms with van der Waals surface area (Å²) >= 11 is 0. The van der Waals surface area contributed by atoms with Crippen LogP contribution in [0.1, 0.15) is 19.4 Å². The van der Waals surface area contributed by atoms with Gasteiger partial charge in [0.2, 0.25) is 0 Å². The fourth-order valence-corrected chi connectivity index (χ4v) is 0.993. The lowest BCUT2D eigenvalue weighted by molar-refractivity contribution is -0.137. The van der Waals surface area contributed by atoms with Crippen molar-refractivity contribution in [2.24, 2.45) is 0 Å². The van der Waals surface area contributed by atoms with Gasteiger partial charge in [0.25, 0.3) is 0 Å². The highest BCUT2D eigenvalue weighted by molar-refractivity contribution is 5.86. The Morgan fingerprint density at radius 3 is 3.00 bits per heavy atom. The largest absolute Gasteiger partial charge is 0.463 e. The molecule has 0 amide bonds. The van der Waals surface area contributed by atoms with E-state index in [9.17, 15) is 4.79 Å². The number of hydrogen-bond donors (Lipinski definition) is 0. The Morgan fingerprint density at radius 1 is 1.64 bits per heavy atom. The van der Waals surface area contributed by atoms with Crippen LogP contribution in [0.2, 0.25) is 0 Å². The molecule has 0 aliphatic heterocycles. The van der Waals surface area contributed by atoms with Gasteiger partial charge in [-0.1, -0.05) is 0 Å². The molecule has 0 atom stereocenters. The van der Waals surface area contributed by atoms with E-state index in [1.165, 1.54) is 6.08 Å². The normalized spacial score (nSPS) is 10.7. The molecule has 76 valence electrons. The van der Waals surface area contributed by atoms with Crippen molar-refractivity contribution >= 4 is 12.0 Å². The Labute approximate surface area is 83.2 Å². The van der Waals surface area contributed by atoms with Crippen LogP contribution in [0.5, 0.6) is 0 Å². The number of hydrogen-bond acceptors (Lipinski definition) is 3. The van der Waals surface area contributed by atoms with E-state index in [1.807, 2.05) is 13.1 Å². The molecule has 0 aliphatic rings. The molecule has 0 saturated heterocycles. The second-order valence-corrected chi connectivity index (χ2v) is 2.71. The van der Waals surface area contributed by atoms with E-state index >= 15 is 0 Å². The van der Waals surface area contributed by atoms with Crippen molar-refractivity contribution in [2.45, 2.75) is 20.4 Å². The lowest BCUT2D eigenvalue weighted by Gasteiger charge is -1.93. The Kier molecular flexibility index (Phi) is 3.91. The highest BCUT2D eigenvalue weighted by atomic mass is 16.5. The maximum Gasteiger partial charge on any atom is 0.330 e. The van der Waals surface area contributed by atoms with Gasteiger partial charge >= 0.3 is 5.97 Å². The highest BCUT2D eigenvalue weighted by Gasteiger charge is 1.95. The zero-order chi connectivity index (χ0) is 10.4. The number of nitrogens with zero attached hydrogens (tertiary/aromatic N) is 2. The van der Waals surface area contributed by atoms with Crippen molar-refractivity contribution in [3.8, 4) is 0 Å². The van der Waals surface area contributed by atoms with E-state index in [1.54, 1.807) is 23.9 Å². The molecule has 0 radical (unpaired) electrons. The van der Waals surface area contributed by atoms with Gasteiger partial charge in [0.1, 0.15) is 0 Å². The Balaban J connectivity index is 2.55. The topological polar surface area (TPSA) is 44.1 Å². The van der Waals surface area contributed by atoms with Crippen LogP contribution in [0, 0.1) is 0 Å². The number of carbonyl (C=O) groups is 1. The zero-order valence-electron chi connectivity index (χ0n) is 8.43. The average Bonchev–Trinajstić information content (AvgIpc) is 2.63. The summed E-state index contributed by atoms with van der Waals surface area (Å²) in [6.07, 6.45) is 6.67. The first-order valence-electron chi connectivity index (χ1n) is 4.63. The van der Waals surface area contributed by atoms with Crippen LogP contribution < -0.4 is 0 Å². The first kappa shape index (κ1) is 10.5. The molecule has 0 spiro atoms. The van der Waals surface area contributed by atoms with Gasteiger partial charge in [-0.15, -0.1) is 0 Å². The molecule has 0 fully saturated rings. The summed E-state index contributed by atoms with van der Waals surface area (Å²) in [5.41, 5.74) is 0.903. The summed E-state index contributed by atoms with van der Waals surface area (Å²) in [5.74, 6) is -0.322. The third-order valence-electron chi connectivity index (χ3n) is 1.68. The molecule has 14 heavy (non-hydrogen) atoms. The van der Waals surface area contributed by atoms with Crippen LogP contribution in [0.4, 0.5) is 0 Å². The molecule has 0 aliphatic carbocycles. The molecule has 1 aromatic rings. The van der Waals surface area contributed by atoms with E-state index in [4.69, 9.17) is 4.74 Å². The van der Waals surface area contributed by atoms with Gasteiger partial charge in [0.05, 0.1) is 12.8 Å². The number of ether oxygens (including phenoxy) is 1. The molecule has 0 unspecified atom stereocenters. The number of rotatable bonds is 4. The van der Waals surface area contributed by atoms with E-state index in [-0.39, 0.29) is 5.97 Å². The maximum atomic E-state index is 11.0. The minimum absolute atomic E-state index is 0.322. The van der Waals surface area contributed by atoms with Crippen LogP contribution in [0.25, 0.3) is 6.08 Å². The summed E-state index contributed by atoms with van der Waals surface area (Å²) in [6.45, 7) is 5.01. The van der Waals surface area contributed by atoms with Crippen LogP contribution in [-0.4, -0.2) is 22.4 Å². The average molecular weight is 194 g/mol. The quantitative estimate of drug-likeness (QED) is 0.538. The molecule has 0 bridgehead atoms. The molecule has 0 saturated carbocycles. The van der Waals surface area contributed by atoms with Gasteiger partial charge in [-0.05, 0) is 19.9 Å². The van der Waals surface area contributed by atoms with Crippen molar-refractivity contribution in [1.82, 2.24) is 9.78 Å². The molecule has 4 heteroatoms. The van der Waals surface area contributed by atoms with E-state index in [0.717, 1.165) is 12.1 Å². The van der Waals surface area contributed by atoms with Crippen molar-refractivity contribution in [3.05, 3.63) is 24.0 Å². The second-order valence-electron chi connectivity index (χ2n) is 2.71. The summed E-state index contributed by atoms with van der Waals surface area (Å²) in [7, 11) is 0. The standard InChI is InChI=1S/C10H14N2O2/c1-3-12-8-9(7-11-12)5-6-10(13)14-4-2/h5-8H,3-4H2,1-2H3. The van der Waals surface area contributed by atoms with Gasteiger partial charge in [-0.25, -0.2) is 4.79 Å². The van der Waals surface area contributed by atoms with Crippen LogP contribution in [0.3, 0.4) is 0 Å². The molecule has 0 N–H and O–H groups in total. The molecule has 1 rings (SSSR count). The van der Waals surface area contributed by atoms with E-state index in [2.05, 4.69) is 5.10 Å². The van der Waals surface area contributed by atoms with E-state index < -0.39 is 0 Å². The first-order chi connectivity index (χ1) is 6.76. The van der Waals surface area contributed by atoms with Gasteiger partial charge in [-0.3, -0.25) is 4.68 Å². The zero-order valence-corrected chi connectivity index (χ0v) is 8.43. The maximum absolute atomic E-state index is 11.0. The van der Waals surface area contributed by atoms with Crippen LogP contribution in [-0.2, 0) is 16.1 Å². The molecule has 1 aromatic heterocycles. The third kappa shape index (κ3) is 3.05. The van der Waals surface area contributed by atoms with Crippen LogP contribution in [0.15, 0.2) is 18.5 Å². The van der Waals surface area contributed by atoms with E-state index in [0.29, 0.717) is 6.61 Å². The number of aryl methyl sites for hydroxylation is 1. The predicted octanol–water partition coefficient (Wildman–Crippen LogP) is 1.48. The van der Waals surface area contributed by atoms with Gasteiger partial charge < -0.3 is 4.74 Å². The second kappa shape index (κ2) is 5.21. The van der Waals surface area contributed by atoms with Crippen molar-refractivity contribution in [1.29, 1.82) is 0 Å². The molecular weight excluding hydrogens is 180 g/mol. The number of esters is 1. The Morgan fingerprint density at radius 2 is 2.43 bits per heavy atom. The SMILES string of the molecule is CCOC(=O)C=Cc1cnn(CC)c1. The minimum atomic E-state index is -0.322.